The van der Waals surface area contributed by atoms with Crippen LogP contribution in [-0.4, -0.2) is 46.0 Å². The molecule has 0 amide bonds. The standard InChI is InChI=1S/C30H42N6O2S/c1-23-21-32-22-35(23)17-8-15-34-30(39)36(25-10-4-3-5-11-25)26-12-13-27(28(20-26)37-2)38-18-7-6-9-24-14-16-33-29(31)19-24/h12-14,16,19-22,25H,3-11,15,17-18H2,1-2H3,(H2,31,33)(H,34,39). The van der Waals surface area contributed by atoms with Gasteiger partial charge >= 0.3 is 0 Å². The van der Waals surface area contributed by atoms with Crippen molar-refractivity contribution in [3.05, 3.63) is 60.3 Å². The van der Waals surface area contributed by atoms with E-state index in [9.17, 15) is 0 Å². The molecule has 2 aromatic heterocycles. The van der Waals surface area contributed by atoms with Gasteiger partial charge in [-0.15, -0.1) is 0 Å². The summed E-state index contributed by atoms with van der Waals surface area (Å²) in [5, 5.41) is 4.29. The number of nitrogen functional groups attached to an aromatic ring is 1. The Morgan fingerprint density at radius 1 is 1.13 bits per heavy atom. The van der Waals surface area contributed by atoms with E-state index in [2.05, 4.69) is 43.8 Å². The number of anilines is 2. The van der Waals surface area contributed by atoms with Gasteiger partial charge in [0.1, 0.15) is 5.82 Å². The molecule has 210 valence electrons. The molecule has 39 heavy (non-hydrogen) atoms. The van der Waals surface area contributed by atoms with Gasteiger partial charge in [0.15, 0.2) is 16.6 Å². The van der Waals surface area contributed by atoms with E-state index in [-0.39, 0.29) is 0 Å². The van der Waals surface area contributed by atoms with E-state index in [0.29, 0.717) is 18.5 Å². The van der Waals surface area contributed by atoms with E-state index >= 15 is 0 Å². The van der Waals surface area contributed by atoms with E-state index in [0.717, 1.165) is 73.9 Å². The molecule has 0 saturated heterocycles. The zero-order valence-corrected chi connectivity index (χ0v) is 24.1. The second-order valence-corrected chi connectivity index (χ2v) is 10.6. The number of ether oxygens (including phenoxy) is 2. The molecule has 9 heteroatoms. The lowest BCUT2D eigenvalue weighted by Crippen LogP contribution is -2.47. The van der Waals surface area contributed by atoms with E-state index in [4.69, 9.17) is 27.4 Å². The van der Waals surface area contributed by atoms with Crippen LogP contribution >= 0.6 is 12.2 Å². The van der Waals surface area contributed by atoms with Crippen LogP contribution in [0.1, 0.15) is 62.6 Å². The fourth-order valence-corrected chi connectivity index (χ4v) is 5.53. The highest BCUT2D eigenvalue weighted by molar-refractivity contribution is 7.80. The van der Waals surface area contributed by atoms with Crippen LogP contribution < -0.4 is 25.4 Å². The van der Waals surface area contributed by atoms with Gasteiger partial charge in [-0.1, -0.05) is 19.3 Å². The summed E-state index contributed by atoms with van der Waals surface area (Å²) >= 11 is 5.95. The molecule has 0 bridgehead atoms. The summed E-state index contributed by atoms with van der Waals surface area (Å²) in [7, 11) is 1.69. The van der Waals surface area contributed by atoms with Gasteiger partial charge in [-0.25, -0.2) is 9.97 Å². The molecule has 4 rings (SSSR count). The highest BCUT2D eigenvalue weighted by atomic mass is 32.1. The van der Waals surface area contributed by atoms with Gasteiger partial charge in [0.25, 0.3) is 0 Å². The normalized spacial score (nSPS) is 13.7. The Bertz CT molecular complexity index is 1190. The number of aryl methyl sites for hydroxylation is 3. The predicted octanol–water partition coefficient (Wildman–Crippen LogP) is 5.68. The van der Waals surface area contributed by atoms with Crippen LogP contribution in [0.5, 0.6) is 11.5 Å². The minimum atomic E-state index is 0.383. The molecule has 0 atom stereocenters. The molecule has 1 aliphatic carbocycles. The van der Waals surface area contributed by atoms with Crippen LogP contribution in [0.15, 0.2) is 49.1 Å². The van der Waals surface area contributed by atoms with Crippen LogP contribution in [0.3, 0.4) is 0 Å². The average molecular weight is 551 g/mol. The van der Waals surface area contributed by atoms with Gasteiger partial charge in [0.2, 0.25) is 0 Å². The van der Waals surface area contributed by atoms with Crippen molar-refractivity contribution in [3.63, 3.8) is 0 Å². The minimum absolute atomic E-state index is 0.383. The molecule has 0 spiro atoms. The van der Waals surface area contributed by atoms with Crippen LogP contribution in [0.25, 0.3) is 0 Å². The highest BCUT2D eigenvalue weighted by Crippen LogP contribution is 2.35. The Labute approximate surface area is 237 Å². The molecule has 1 aromatic carbocycles. The van der Waals surface area contributed by atoms with Gasteiger partial charge in [-0.2, -0.15) is 0 Å². The Hall–Kier alpha value is -3.33. The van der Waals surface area contributed by atoms with Crippen molar-refractivity contribution < 1.29 is 9.47 Å². The number of benzene rings is 1. The molecule has 3 aromatic rings. The van der Waals surface area contributed by atoms with E-state index in [1.54, 1.807) is 13.3 Å². The Morgan fingerprint density at radius 2 is 1.97 bits per heavy atom. The van der Waals surface area contributed by atoms with Crippen molar-refractivity contribution in [2.24, 2.45) is 0 Å². The van der Waals surface area contributed by atoms with Gasteiger partial charge in [0, 0.05) is 49.0 Å². The number of imidazole rings is 1. The molecular weight excluding hydrogens is 508 g/mol. The molecular formula is C30H42N6O2S. The number of rotatable bonds is 13. The maximum Gasteiger partial charge on any atom is 0.173 e. The summed E-state index contributed by atoms with van der Waals surface area (Å²) in [6.45, 7) is 4.43. The van der Waals surface area contributed by atoms with E-state index in [1.807, 2.05) is 30.7 Å². The Morgan fingerprint density at radius 3 is 2.72 bits per heavy atom. The zero-order valence-electron chi connectivity index (χ0n) is 23.3. The smallest absolute Gasteiger partial charge is 0.173 e. The molecule has 3 N–H and O–H groups in total. The molecule has 1 aliphatic rings. The van der Waals surface area contributed by atoms with Crippen molar-refractivity contribution in [2.45, 2.75) is 77.3 Å². The van der Waals surface area contributed by atoms with Gasteiger partial charge < -0.3 is 30.0 Å². The first-order valence-electron chi connectivity index (χ1n) is 14.1. The average Bonchev–Trinajstić information content (AvgIpc) is 3.36. The molecule has 0 aliphatic heterocycles. The molecule has 1 fully saturated rings. The summed E-state index contributed by atoms with van der Waals surface area (Å²) in [6, 6.07) is 10.5. The van der Waals surface area contributed by atoms with Crippen molar-refractivity contribution in [3.8, 4) is 11.5 Å². The fraction of sp³-hybridized carbons (Fsp3) is 0.500. The van der Waals surface area contributed by atoms with Crippen LogP contribution in [0, 0.1) is 6.92 Å². The van der Waals surface area contributed by atoms with Crippen molar-refractivity contribution in [2.75, 3.05) is 30.9 Å². The second kappa shape index (κ2) is 14.7. The number of unbranched alkanes of at least 4 members (excludes halogenated alkanes) is 1. The van der Waals surface area contributed by atoms with E-state index in [1.165, 1.54) is 30.5 Å². The first-order chi connectivity index (χ1) is 19.0. The summed E-state index contributed by atoms with van der Waals surface area (Å²) in [4.78, 5) is 10.6. The SMILES string of the molecule is COc1cc(N(C(=S)NCCCn2cncc2C)C2CCCCC2)ccc1OCCCCc1ccnc(N)c1. The number of aromatic nitrogens is 3. The van der Waals surface area contributed by atoms with Crippen LogP contribution in [0.4, 0.5) is 11.5 Å². The first-order valence-corrected chi connectivity index (χ1v) is 14.5. The molecule has 1 saturated carbocycles. The number of pyridine rings is 1. The summed E-state index contributed by atoms with van der Waals surface area (Å²) in [5.74, 6) is 2.05. The van der Waals surface area contributed by atoms with Gasteiger partial charge in [-0.05, 0) is 87.5 Å². The Kier molecular flexibility index (Phi) is 10.8. The molecule has 8 nitrogen and oxygen atoms in total. The lowest BCUT2D eigenvalue weighted by Gasteiger charge is -2.36. The zero-order chi connectivity index (χ0) is 27.5. The predicted molar refractivity (Wildman–Crippen MR) is 162 cm³/mol. The number of nitrogens with zero attached hydrogens (tertiary/aromatic N) is 4. The monoisotopic (exact) mass is 550 g/mol. The largest absolute Gasteiger partial charge is 0.493 e. The number of nitrogens with one attached hydrogen (secondary N) is 1. The maximum absolute atomic E-state index is 6.12. The molecule has 2 heterocycles. The number of nitrogens with two attached hydrogens (primary N) is 1. The second-order valence-electron chi connectivity index (χ2n) is 10.2. The molecule has 0 radical (unpaired) electrons. The quantitative estimate of drug-likeness (QED) is 0.207. The number of hydrogen-bond donors (Lipinski definition) is 2. The van der Waals surface area contributed by atoms with Crippen LogP contribution in [0.2, 0.25) is 0 Å². The van der Waals surface area contributed by atoms with Gasteiger partial charge in [0.05, 0.1) is 20.0 Å². The third-order valence-electron chi connectivity index (χ3n) is 7.32. The van der Waals surface area contributed by atoms with Gasteiger partial charge in [-0.3, -0.25) is 0 Å². The molecule has 0 unspecified atom stereocenters. The van der Waals surface area contributed by atoms with E-state index < -0.39 is 0 Å². The number of methoxy groups -OCH3 is 1. The number of thiocarbonyl (C=S) groups is 1. The maximum atomic E-state index is 6.12. The first kappa shape index (κ1) is 28.7. The van der Waals surface area contributed by atoms with Crippen LogP contribution in [-0.2, 0) is 13.0 Å². The van der Waals surface area contributed by atoms with Crippen molar-refractivity contribution in [1.82, 2.24) is 19.9 Å². The highest BCUT2D eigenvalue weighted by Gasteiger charge is 2.25. The topological polar surface area (TPSA) is 90.5 Å². The lowest BCUT2D eigenvalue weighted by atomic mass is 9.94. The third kappa shape index (κ3) is 8.33. The summed E-state index contributed by atoms with van der Waals surface area (Å²) in [5.41, 5.74) is 9.21. The lowest BCUT2D eigenvalue weighted by molar-refractivity contribution is 0.286. The summed E-state index contributed by atoms with van der Waals surface area (Å²) < 4.78 is 14.0. The van der Waals surface area contributed by atoms with Crippen molar-refractivity contribution in [1.29, 1.82) is 0 Å². The fourth-order valence-electron chi connectivity index (χ4n) is 5.17. The van der Waals surface area contributed by atoms with Crippen molar-refractivity contribution >= 4 is 28.8 Å². The number of hydrogen-bond acceptors (Lipinski definition) is 6. The third-order valence-corrected chi connectivity index (χ3v) is 7.66. The Balaban J connectivity index is 1.34. The minimum Gasteiger partial charge on any atom is -0.493 e. The summed E-state index contributed by atoms with van der Waals surface area (Å²) in [6.07, 6.45) is 15.4.